The zero-order valence-electron chi connectivity index (χ0n) is 22.5. The van der Waals surface area contributed by atoms with Crippen molar-refractivity contribution < 1.29 is 69.6 Å². The number of hydrogen-bond acceptors (Lipinski definition) is 10. The summed E-state index contributed by atoms with van der Waals surface area (Å²) in [5, 5.41) is 27.2. The number of hydrogen-bond donors (Lipinski definition) is 4. The van der Waals surface area contributed by atoms with Gasteiger partial charge in [-0.15, -0.1) is 23.1 Å². The number of rotatable bonds is 8. The molecule has 40 heavy (non-hydrogen) atoms. The van der Waals surface area contributed by atoms with E-state index in [0.29, 0.717) is 16.9 Å². The summed E-state index contributed by atoms with van der Waals surface area (Å²) < 4.78 is 3.23. The fraction of sp³-hybridized carbons (Fsp3) is 0.261. The molecule has 5 heterocycles. The van der Waals surface area contributed by atoms with Gasteiger partial charge in [-0.05, 0) is 6.07 Å². The van der Waals surface area contributed by atoms with Gasteiger partial charge in [0.2, 0.25) is 0 Å². The number of imidazole rings is 1. The van der Waals surface area contributed by atoms with Crippen LogP contribution in [0.3, 0.4) is 0 Å². The number of carbonyl (C=O) groups excluding carboxylic acids is 2. The number of thiazole rings is 1. The first-order valence-corrected chi connectivity index (χ1v) is 13.3. The fourth-order valence-corrected chi connectivity index (χ4v) is 6.56. The number of amides is 2. The Morgan fingerprint density at radius 1 is 1.32 bits per heavy atom. The van der Waals surface area contributed by atoms with E-state index in [9.17, 15) is 29.4 Å². The average molecular weight is 597 g/mol. The van der Waals surface area contributed by atoms with Crippen molar-refractivity contribution in [2.75, 3.05) is 18.6 Å². The standard InChI is InChI=1S/C23H21N7O7S2.Na.H/c1-10-16(21(33)34)28-6-4-3-5-13(28)29(10)7-11-8-38-20-15(19(32)30(20)17(11)22(35)36)26-18(31)14(27-37-2)12-9-39-23(24)25-12;;/h3-6,9,15,20H,7-8H2,1-2H3,(H4-,24,25,26,31,33,34,35,36);;/q;+1;-1/p+1/b27-14-;;/t15-,20-;;/m1../s1. The van der Waals surface area contributed by atoms with E-state index in [1.165, 1.54) is 28.7 Å². The molecule has 0 saturated carbocycles. The molecule has 3 aromatic heterocycles. The number of pyridine rings is 1. The zero-order chi connectivity index (χ0) is 28.0. The molecule has 5 N–H and O–H groups in total. The Labute approximate surface area is 258 Å². The Kier molecular flexibility index (Phi) is 8.55. The minimum absolute atomic E-state index is 0. The number of β-lactam (4-membered cyclic amide) rings is 1. The Balaban J connectivity index is 0.00000231. The number of fused-ring (bicyclic) bond motifs is 2. The summed E-state index contributed by atoms with van der Waals surface area (Å²) in [6, 6.07) is 4.18. The van der Waals surface area contributed by atoms with Crippen molar-refractivity contribution in [3.63, 3.8) is 0 Å². The minimum Gasteiger partial charge on any atom is -1.00 e. The SMILES string of the molecule is CO/N=C(\C(=O)N[C@@H]1C(=O)N2C(C(=O)O)=C(Cn3c(C)c(C(=O)O)[n+]4ccccc34)CS[C@H]12)c1csc(N)n1.[H-].[Na+]. The molecule has 204 valence electrons. The number of carbonyl (C=O) groups is 4. The van der Waals surface area contributed by atoms with E-state index in [4.69, 9.17) is 10.6 Å². The van der Waals surface area contributed by atoms with E-state index in [0.717, 1.165) is 16.2 Å². The predicted molar refractivity (Wildman–Crippen MR) is 140 cm³/mol. The number of carboxylic acids is 2. The number of anilines is 1. The smallest absolute Gasteiger partial charge is 1.00 e. The van der Waals surface area contributed by atoms with Crippen LogP contribution in [-0.4, -0.2) is 78.4 Å². The molecule has 1 fully saturated rings. The van der Waals surface area contributed by atoms with Gasteiger partial charge in [-0.2, -0.15) is 4.40 Å². The monoisotopic (exact) mass is 596 g/mol. The molecule has 2 atom stereocenters. The van der Waals surface area contributed by atoms with E-state index >= 15 is 0 Å². The maximum atomic E-state index is 13.1. The van der Waals surface area contributed by atoms with Crippen LogP contribution in [0.2, 0.25) is 0 Å². The van der Waals surface area contributed by atoms with Crippen LogP contribution in [-0.2, 0) is 25.8 Å². The molecular formula is C23H23N7NaO7S2+. The summed E-state index contributed by atoms with van der Waals surface area (Å²) in [6.45, 7) is 1.70. The molecule has 3 aromatic rings. The van der Waals surface area contributed by atoms with Crippen molar-refractivity contribution >= 4 is 63.3 Å². The maximum Gasteiger partial charge on any atom is 1.00 e. The molecule has 0 unspecified atom stereocenters. The summed E-state index contributed by atoms with van der Waals surface area (Å²) in [4.78, 5) is 60.3. The molecule has 0 bridgehead atoms. The Morgan fingerprint density at radius 3 is 2.70 bits per heavy atom. The molecule has 1 saturated heterocycles. The summed E-state index contributed by atoms with van der Waals surface area (Å²) in [7, 11) is 1.26. The van der Waals surface area contributed by atoms with Gasteiger partial charge in [0.1, 0.15) is 36.5 Å². The first-order chi connectivity index (χ1) is 18.6. The minimum atomic E-state index is -1.30. The fourth-order valence-electron chi connectivity index (χ4n) is 4.67. The number of nitrogens with two attached hydrogens (primary N) is 1. The molecule has 0 aliphatic carbocycles. The third-order valence-corrected chi connectivity index (χ3v) is 8.37. The van der Waals surface area contributed by atoms with Crippen molar-refractivity contribution in [3.05, 3.63) is 58.1 Å². The van der Waals surface area contributed by atoms with Crippen molar-refractivity contribution in [2.45, 2.75) is 24.9 Å². The summed E-state index contributed by atoms with van der Waals surface area (Å²) in [5.74, 6) is -3.50. The number of aliphatic carboxylic acids is 1. The van der Waals surface area contributed by atoms with Gasteiger partial charge in [-0.3, -0.25) is 14.5 Å². The molecule has 2 aliphatic rings. The molecule has 0 spiro atoms. The summed E-state index contributed by atoms with van der Waals surface area (Å²) in [6.07, 6.45) is 1.62. The number of carboxylic acid groups (broad SMARTS) is 2. The van der Waals surface area contributed by atoms with Crippen LogP contribution in [0.4, 0.5) is 5.13 Å². The van der Waals surface area contributed by atoms with Crippen LogP contribution in [0, 0.1) is 6.92 Å². The normalized spacial score (nSPS) is 18.6. The molecule has 5 rings (SSSR count). The summed E-state index contributed by atoms with van der Waals surface area (Å²) in [5.41, 5.74) is 6.96. The van der Waals surface area contributed by atoms with Gasteiger partial charge in [-0.25, -0.2) is 19.1 Å². The number of nitrogen functional groups attached to an aromatic ring is 1. The van der Waals surface area contributed by atoms with Gasteiger partial charge in [-0.1, -0.05) is 11.2 Å². The third kappa shape index (κ3) is 4.96. The van der Waals surface area contributed by atoms with Gasteiger partial charge in [0.05, 0.1) is 6.20 Å². The van der Waals surface area contributed by atoms with Crippen LogP contribution in [0.15, 0.2) is 46.2 Å². The largest absolute Gasteiger partial charge is 1.00 e. The average Bonchev–Trinajstić information content (AvgIpc) is 3.45. The number of aromatic carboxylic acids is 1. The summed E-state index contributed by atoms with van der Waals surface area (Å²) >= 11 is 2.40. The molecule has 0 aromatic carbocycles. The van der Waals surface area contributed by atoms with Gasteiger partial charge in [0.15, 0.2) is 16.5 Å². The molecule has 14 nitrogen and oxygen atoms in total. The quantitative estimate of drug-likeness (QED) is 0.0693. The van der Waals surface area contributed by atoms with Crippen LogP contribution in [0.5, 0.6) is 0 Å². The second-order valence-electron chi connectivity index (χ2n) is 8.57. The van der Waals surface area contributed by atoms with Crippen LogP contribution in [0.25, 0.3) is 5.65 Å². The second kappa shape index (κ2) is 11.6. The van der Waals surface area contributed by atoms with Crippen LogP contribution in [0.1, 0.15) is 23.3 Å². The van der Waals surface area contributed by atoms with Gasteiger partial charge >= 0.3 is 41.5 Å². The third-order valence-electron chi connectivity index (χ3n) is 6.35. The number of thioether (sulfide) groups is 1. The number of aromatic nitrogens is 3. The van der Waals surface area contributed by atoms with Crippen molar-refractivity contribution in [1.29, 1.82) is 0 Å². The van der Waals surface area contributed by atoms with E-state index in [2.05, 4.69) is 15.5 Å². The molecule has 0 radical (unpaired) electrons. The Morgan fingerprint density at radius 2 is 2.08 bits per heavy atom. The van der Waals surface area contributed by atoms with E-state index in [-0.39, 0.29) is 71.2 Å². The van der Waals surface area contributed by atoms with Gasteiger partial charge in [0.25, 0.3) is 23.2 Å². The second-order valence-corrected chi connectivity index (χ2v) is 10.6. The van der Waals surface area contributed by atoms with Crippen molar-refractivity contribution in [2.24, 2.45) is 5.16 Å². The number of oxime groups is 1. The maximum absolute atomic E-state index is 13.1. The van der Waals surface area contributed by atoms with Crippen molar-refractivity contribution in [3.8, 4) is 0 Å². The molecular weight excluding hydrogens is 573 g/mol. The molecule has 2 aliphatic heterocycles. The van der Waals surface area contributed by atoms with E-state index in [1.807, 2.05) is 0 Å². The van der Waals surface area contributed by atoms with E-state index < -0.39 is 35.2 Å². The molecule has 2 amide bonds. The topological polar surface area (TPSA) is 194 Å². The predicted octanol–water partition coefficient (Wildman–Crippen LogP) is -2.82. The van der Waals surface area contributed by atoms with E-state index in [1.54, 1.807) is 35.9 Å². The number of nitrogens with one attached hydrogen (secondary N) is 1. The first kappa shape index (κ1) is 29.5. The first-order valence-electron chi connectivity index (χ1n) is 11.4. The molecule has 17 heteroatoms. The zero-order valence-corrected chi connectivity index (χ0v) is 25.2. The van der Waals surface area contributed by atoms with Crippen molar-refractivity contribution in [1.82, 2.24) is 19.8 Å². The van der Waals surface area contributed by atoms with Crippen LogP contribution >= 0.6 is 23.1 Å². The Hall–Kier alpha value is -3.44. The van der Waals surface area contributed by atoms with Gasteiger partial charge in [0, 0.05) is 29.7 Å². The van der Waals surface area contributed by atoms with Gasteiger partial charge < -0.3 is 27.5 Å². The number of nitrogens with zero attached hydrogens (tertiary/aromatic N) is 5. The Bertz CT molecular complexity index is 1620. The van der Waals surface area contributed by atoms with Crippen LogP contribution < -0.4 is 45.0 Å².